The van der Waals surface area contributed by atoms with Crippen molar-refractivity contribution in [3.05, 3.63) is 126 Å². The van der Waals surface area contributed by atoms with E-state index in [-0.39, 0.29) is 42.0 Å². The third-order valence-corrected chi connectivity index (χ3v) is 7.33. The van der Waals surface area contributed by atoms with Gasteiger partial charge in [0, 0.05) is 24.0 Å². The molecule has 3 rings (SSSR count). The van der Waals surface area contributed by atoms with Crippen molar-refractivity contribution < 1.29 is 24.5 Å². The fourth-order valence-corrected chi connectivity index (χ4v) is 4.86. The summed E-state index contributed by atoms with van der Waals surface area (Å²) in [6.45, 7) is 17.7. The largest absolute Gasteiger partial charge is 0.508 e. The van der Waals surface area contributed by atoms with Crippen LogP contribution in [0, 0.1) is 5.82 Å². The summed E-state index contributed by atoms with van der Waals surface area (Å²) < 4.78 is 12.5. The number of hydrogen-bond acceptors (Lipinski definition) is 5. The minimum absolute atomic E-state index is 0.00432. The van der Waals surface area contributed by atoms with Gasteiger partial charge in [-0.25, -0.2) is 4.39 Å². The first-order chi connectivity index (χ1) is 20.2. The van der Waals surface area contributed by atoms with Gasteiger partial charge in [-0.05, 0) is 85.9 Å². The molecule has 7 heteroatoms. The molecule has 230 valence electrons. The molecule has 1 aliphatic heterocycles. The number of rotatable bonds is 9. The predicted octanol–water partition coefficient (Wildman–Crippen LogP) is 9.14. The second-order valence-electron chi connectivity index (χ2n) is 8.93. The molecule has 1 amide bonds. The lowest BCUT2D eigenvalue weighted by Crippen LogP contribution is -2.35. The molecule has 1 heterocycles. The highest BCUT2D eigenvalue weighted by Gasteiger charge is 2.34. The maximum atomic E-state index is 12.5. The number of nitrogens with zero attached hydrogens (tertiary/aromatic N) is 1. The first-order valence-corrected chi connectivity index (χ1v) is 15.1. The van der Waals surface area contributed by atoms with Gasteiger partial charge in [-0.1, -0.05) is 75.0 Å². The van der Waals surface area contributed by atoms with Gasteiger partial charge in [0.1, 0.15) is 11.6 Å². The summed E-state index contributed by atoms with van der Waals surface area (Å²) in [4.78, 5) is 14.1. The molecule has 2 aromatic carbocycles. The van der Waals surface area contributed by atoms with Crippen LogP contribution in [0.25, 0.3) is 0 Å². The van der Waals surface area contributed by atoms with Gasteiger partial charge in [0.05, 0.1) is 12.6 Å². The van der Waals surface area contributed by atoms with Crippen LogP contribution in [0.4, 0.5) is 14.9 Å². The zero-order chi connectivity index (χ0) is 32.1. The van der Waals surface area contributed by atoms with E-state index >= 15 is 0 Å². The molecule has 42 heavy (non-hydrogen) atoms. The van der Waals surface area contributed by atoms with Gasteiger partial charge in [-0.2, -0.15) is 0 Å². The molecule has 0 radical (unpaired) electrons. The van der Waals surface area contributed by atoms with E-state index < -0.39 is 0 Å². The van der Waals surface area contributed by atoms with E-state index in [2.05, 4.69) is 13.2 Å². The molecule has 2 aromatic rings. The summed E-state index contributed by atoms with van der Waals surface area (Å²) in [5.41, 5.74) is 4.54. The van der Waals surface area contributed by atoms with E-state index in [9.17, 15) is 19.4 Å². The number of benzene rings is 2. The Morgan fingerprint density at radius 1 is 1.05 bits per heavy atom. The SMILES string of the molecule is C=C.CC.CCC(CO)c1ccc(F)cc1.C\C=C(O)/C=C(C)/C(C)=C/C=C(\CO)C1CSC(=O)N1c1ccccc1. The van der Waals surface area contributed by atoms with Crippen LogP contribution < -0.4 is 4.90 Å². The molecule has 2 atom stereocenters. The number of para-hydroxylation sites is 1. The Bertz CT molecular complexity index is 1170. The third-order valence-electron chi connectivity index (χ3n) is 6.40. The van der Waals surface area contributed by atoms with E-state index in [0.717, 1.165) is 34.4 Å². The molecule has 3 N–H and O–H groups in total. The van der Waals surface area contributed by atoms with Crippen molar-refractivity contribution in [1.82, 2.24) is 0 Å². The van der Waals surface area contributed by atoms with Crippen molar-refractivity contribution in [3.63, 3.8) is 0 Å². The van der Waals surface area contributed by atoms with Gasteiger partial charge in [0.25, 0.3) is 5.24 Å². The van der Waals surface area contributed by atoms with Crippen LogP contribution in [0.1, 0.15) is 59.4 Å². The highest BCUT2D eigenvalue weighted by Crippen LogP contribution is 2.33. The van der Waals surface area contributed by atoms with Crippen molar-refractivity contribution in [2.45, 2.75) is 59.9 Å². The summed E-state index contributed by atoms with van der Waals surface area (Å²) in [6.07, 6.45) is 7.99. The molecular weight excluding hydrogens is 549 g/mol. The van der Waals surface area contributed by atoms with Crippen LogP contribution in [0.15, 0.2) is 115 Å². The summed E-state index contributed by atoms with van der Waals surface area (Å²) >= 11 is 1.27. The fraction of sp³-hybridized carbons (Fsp3) is 0.343. The van der Waals surface area contributed by atoms with Crippen molar-refractivity contribution in [3.8, 4) is 0 Å². The standard InChI is InChI=1S/C21H25NO3S.C10H13FO.C2H6.C2H4/c1-4-19(24)12-16(3)15(2)10-11-17(13-23)20-14-26-21(25)22(20)18-8-6-5-7-9-18;1-2-8(7-12)9-3-5-10(11)6-4-9;2*1-2/h4-12,20,23-24H,13-14H2,1-3H3;3-6,8,12H,2,7H2,1H3;1-2H3;1-2H2/b15-10+,16-12+,17-11+,19-4+;;;. The molecule has 0 aromatic heterocycles. The Morgan fingerprint density at radius 3 is 2.14 bits per heavy atom. The summed E-state index contributed by atoms with van der Waals surface area (Å²) in [5, 5.41) is 28.4. The van der Waals surface area contributed by atoms with Crippen LogP contribution >= 0.6 is 11.8 Å². The number of halogens is 1. The lowest BCUT2D eigenvalue weighted by atomic mass is 9.98. The molecule has 0 spiro atoms. The zero-order valence-electron chi connectivity index (χ0n) is 25.9. The van der Waals surface area contributed by atoms with Gasteiger partial charge < -0.3 is 15.3 Å². The van der Waals surface area contributed by atoms with Gasteiger partial charge in [-0.15, -0.1) is 13.2 Å². The Morgan fingerprint density at radius 2 is 1.64 bits per heavy atom. The number of aliphatic hydroxyl groups is 3. The molecule has 1 aliphatic rings. The topological polar surface area (TPSA) is 81.0 Å². The number of carbonyl (C=O) groups excluding carboxylic acids is 1. The number of allylic oxidation sites excluding steroid dienone is 6. The van der Waals surface area contributed by atoms with Crippen LogP contribution in [0.5, 0.6) is 0 Å². The molecule has 0 saturated carbocycles. The molecule has 1 fully saturated rings. The molecule has 0 aliphatic carbocycles. The first kappa shape index (κ1) is 38.6. The van der Waals surface area contributed by atoms with Crippen molar-refractivity contribution in [2.75, 3.05) is 23.9 Å². The quantitative estimate of drug-likeness (QED) is 0.153. The average molecular weight is 598 g/mol. The van der Waals surface area contributed by atoms with Crippen molar-refractivity contribution >= 4 is 22.7 Å². The lowest BCUT2D eigenvalue weighted by molar-refractivity contribution is 0.262. The molecule has 2 unspecified atom stereocenters. The molecule has 0 bridgehead atoms. The van der Waals surface area contributed by atoms with E-state index in [1.807, 2.05) is 77.1 Å². The minimum atomic E-state index is -0.230. The van der Waals surface area contributed by atoms with Crippen LogP contribution in [0.3, 0.4) is 0 Å². The fourth-order valence-electron chi connectivity index (χ4n) is 3.83. The van der Waals surface area contributed by atoms with Crippen molar-refractivity contribution in [1.29, 1.82) is 0 Å². The Hall–Kier alpha value is -3.39. The summed E-state index contributed by atoms with van der Waals surface area (Å²) in [6, 6.07) is 15.6. The lowest BCUT2D eigenvalue weighted by Gasteiger charge is -2.25. The van der Waals surface area contributed by atoms with Gasteiger partial charge in [0.2, 0.25) is 0 Å². The van der Waals surface area contributed by atoms with Crippen molar-refractivity contribution in [2.24, 2.45) is 0 Å². The second-order valence-corrected chi connectivity index (χ2v) is 9.90. The predicted molar refractivity (Wildman–Crippen MR) is 179 cm³/mol. The average Bonchev–Trinajstić information content (AvgIpc) is 3.42. The molecular formula is C35H48FNO4S. The number of anilines is 1. The van der Waals surface area contributed by atoms with E-state index in [1.165, 1.54) is 23.9 Å². The number of carbonyl (C=O) groups is 1. The van der Waals surface area contributed by atoms with Crippen LogP contribution in [-0.4, -0.2) is 45.6 Å². The highest BCUT2D eigenvalue weighted by atomic mass is 32.2. The Labute approximate surface area is 256 Å². The summed E-state index contributed by atoms with van der Waals surface area (Å²) in [5.74, 6) is 0.744. The number of amides is 1. The normalized spacial score (nSPS) is 16.4. The van der Waals surface area contributed by atoms with E-state index in [0.29, 0.717) is 5.75 Å². The third kappa shape index (κ3) is 12.6. The highest BCUT2D eigenvalue weighted by molar-refractivity contribution is 8.14. The van der Waals surface area contributed by atoms with Gasteiger partial charge in [-0.3, -0.25) is 9.69 Å². The number of thioether (sulfide) groups is 1. The van der Waals surface area contributed by atoms with Crippen LogP contribution in [-0.2, 0) is 0 Å². The van der Waals surface area contributed by atoms with Gasteiger partial charge in [0.15, 0.2) is 0 Å². The molecule has 1 saturated heterocycles. The Kier molecular flexibility index (Phi) is 20.4. The molecule has 5 nitrogen and oxygen atoms in total. The maximum Gasteiger partial charge on any atom is 0.286 e. The van der Waals surface area contributed by atoms with E-state index in [1.54, 1.807) is 36.1 Å². The Balaban J connectivity index is 0.000000876. The number of hydrogen-bond donors (Lipinski definition) is 3. The van der Waals surface area contributed by atoms with E-state index in [4.69, 9.17) is 5.11 Å². The monoisotopic (exact) mass is 597 g/mol. The van der Waals surface area contributed by atoms with Gasteiger partial charge >= 0.3 is 0 Å². The minimum Gasteiger partial charge on any atom is -0.508 e. The summed E-state index contributed by atoms with van der Waals surface area (Å²) in [7, 11) is 0. The zero-order valence-corrected chi connectivity index (χ0v) is 26.7. The second kappa shape index (κ2) is 22.2. The maximum absolute atomic E-state index is 12.5. The number of aliphatic hydroxyl groups excluding tert-OH is 3. The van der Waals surface area contributed by atoms with Crippen LogP contribution in [0.2, 0.25) is 0 Å². The first-order valence-electron chi connectivity index (χ1n) is 14.1. The smallest absolute Gasteiger partial charge is 0.286 e.